The van der Waals surface area contributed by atoms with Crippen LogP contribution < -0.4 is 10.7 Å². The SMILES string of the molecule is O=C(NC(C(=O)O)c1ccccc1)NN1CCSCC1. The minimum absolute atomic E-state index is 0.492. The van der Waals surface area contributed by atoms with Crippen LogP contribution in [-0.2, 0) is 4.79 Å². The molecule has 1 fully saturated rings. The summed E-state index contributed by atoms with van der Waals surface area (Å²) >= 11 is 1.83. The summed E-state index contributed by atoms with van der Waals surface area (Å²) < 4.78 is 0. The molecule has 0 aromatic heterocycles. The maximum Gasteiger partial charge on any atom is 0.330 e. The van der Waals surface area contributed by atoms with Crippen molar-refractivity contribution >= 4 is 23.8 Å². The zero-order chi connectivity index (χ0) is 14.4. The minimum atomic E-state index is -1.08. The number of carboxylic acids is 1. The summed E-state index contributed by atoms with van der Waals surface area (Å²) in [4.78, 5) is 23.1. The van der Waals surface area contributed by atoms with E-state index in [4.69, 9.17) is 0 Å². The number of amides is 2. The molecule has 6 nitrogen and oxygen atoms in total. The third-order valence-corrected chi connectivity index (χ3v) is 3.87. The quantitative estimate of drug-likeness (QED) is 0.774. The van der Waals surface area contributed by atoms with Gasteiger partial charge in [-0.2, -0.15) is 11.8 Å². The highest BCUT2D eigenvalue weighted by atomic mass is 32.2. The maximum atomic E-state index is 11.9. The first-order valence-corrected chi connectivity index (χ1v) is 7.50. The zero-order valence-electron chi connectivity index (χ0n) is 10.9. The van der Waals surface area contributed by atoms with Crippen molar-refractivity contribution in [3.05, 3.63) is 35.9 Å². The van der Waals surface area contributed by atoms with Crippen LogP contribution in [0.15, 0.2) is 30.3 Å². The summed E-state index contributed by atoms with van der Waals surface area (Å²) in [6, 6.07) is 7.10. The standard InChI is InChI=1S/C13H17N3O3S/c17-12(18)11(10-4-2-1-3-5-10)14-13(19)15-16-6-8-20-9-7-16/h1-5,11H,6-9H2,(H,17,18)(H2,14,15,19). The smallest absolute Gasteiger partial charge is 0.330 e. The number of benzene rings is 1. The molecule has 108 valence electrons. The van der Waals surface area contributed by atoms with E-state index in [1.54, 1.807) is 35.3 Å². The average Bonchev–Trinajstić information content (AvgIpc) is 2.46. The van der Waals surface area contributed by atoms with Crippen molar-refractivity contribution in [3.63, 3.8) is 0 Å². The number of thioether (sulfide) groups is 1. The number of urea groups is 1. The lowest BCUT2D eigenvalue weighted by molar-refractivity contribution is -0.139. The van der Waals surface area contributed by atoms with Crippen molar-refractivity contribution in [2.45, 2.75) is 6.04 Å². The van der Waals surface area contributed by atoms with Crippen LogP contribution in [0.25, 0.3) is 0 Å². The maximum absolute atomic E-state index is 11.9. The first kappa shape index (κ1) is 14.7. The van der Waals surface area contributed by atoms with Crippen LogP contribution in [0.1, 0.15) is 11.6 Å². The lowest BCUT2D eigenvalue weighted by Crippen LogP contribution is -2.51. The molecule has 1 aliphatic heterocycles. The van der Waals surface area contributed by atoms with Crippen LogP contribution in [0.4, 0.5) is 4.79 Å². The van der Waals surface area contributed by atoms with E-state index in [9.17, 15) is 14.7 Å². The van der Waals surface area contributed by atoms with E-state index in [-0.39, 0.29) is 0 Å². The Morgan fingerprint density at radius 2 is 1.85 bits per heavy atom. The third-order valence-electron chi connectivity index (χ3n) is 2.93. The van der Waals surface area contributed by atoms with Gasteiger partial charge in [0.15, 0.2) is 6.04 Å². The Bertz CT molecular complexity index is 463. The Morgan fingerprint density at radius 3 is 2.45 bits per heavy atom. The molecule has 20 heavy (non-hydrogen) atoms. The molecule has 2 rings (SSSR count). The monoisotopic (exact) mass is 295 g/mol. The van der Waals surface area contributed by atoms with E-state index in [0.29, 0.717) is 5.56 Å². The Morgan fingerprint density at radius 1 is 1.20 bits per heavy atom. The van der Waals surface area contributed by atoms with Gasteiger partial charge in [-0.3, -0.25) is 5.43 Å². The number of carboxylic acid groups (broad SMARTS) is 1. The van der Waals surface area contributed by atoms with Crippen molar-refractivity contribution in [2.24, 2.45) is 0 Å². The lowest BCUT2D eigenvalue weighted by Gasteiger charge is -2.27. The number of carbonyl (C=O) groups is 2. The summed E-state index contributed by atoms with van der Waals surface area (Å²) in [5.41, 5.74) is 3.23. The fourth-order valence-electron chi connectivity index (χ4n) is 1.92. The topological polar surface area (TPSA) is 81.7 Å². The van der Waals surface area contributed by atoms with Crippen molar-refractivity contribution < 1.29 is 14.7 Å². The van der Waals surface area contributed by atoms with E-state index in [0.717, 1.165) is 24.6 Å². The second-order valence-electron chi connectivity index (χ2n) is 4.37. The van der Waals surface area contributed by atoms with E-state index < -0.39 is 18.0 Å². The largest absolute Gasteiger partial charge is 0.479 e. The second kappa shape index (κ2) is 7.16. The van der Waals surface area contributed by atoms with Crippen LogP contribution in [-0.4, -0.2) is 46.7 Å². The van der Waals surface area contributed by atoms with Gasteiger partial charge in [-0.15, -0.1) is 0 Å². The van der Waals surface area contributed by atoms with Crippen molar-refractivity contribution in [1.29, 1.82) is 0 Å². The molecule has 0 bridgehead atoms. The molecule has 1 aromatic carbocycles. The molecule has 0 saturated carbocycles. The molecule has 1 saturated heterocycles. The van der Waals surface area contributed by atoms with Gasteiger partial charge in [0.2, 0.25) is 0 Å². The number of hydrazine groups is 1. The highest BCUT2D eigenvalue weighted by Gasteiger charge is 2.23. The van der Waals surface area contributed by atoms with Crippen molar-refractivity contribution in [2.75, 3.05) is 24.6 Å². The summed E-state index contributed by atoms with van der Waals surface area (Å²) in [7, 11) is 0. The summed E-state index contributed by atoms with van der Waals surface area (Å²) in [6.07, 6.45) is 0. The Labute approximate surface area is 121 Å². The van der Waals surface area contributed by atoms with Crippen LogP contribution in [0.5, 0.6) is 0 Å². The molecular formula is C13H17N3O3S. The molecular weight excluding hydrogens is 278 g/mol. The molecule has 1 heterocycles. The molecule has 1 atom stereocenters. The van der Waals surface area contributed by atoms with Crippen LogP contribution in [0, 0.1) is 0 Å². The number of nitrogens with one attached hydrogen (secondary N) is 2. The van der Waals surface area contributed by atoms with Gasteiger partial charge in [-0.1, -0.05) is 30.3 Å². The highest BCUT2D eigenvalue weighted by Crippen LogP contribution is 2.12. The number of nitrogens with zero attached hydrogens (tertiary/aromatic N) is 1. The molecule has 3 N–H and O–H groups in total. The molecule has 0 spiro atoms. The fraction of sp³-hybridized carbons (Fsp3) is 0.385. The van der Waals surface area contributed by atoms with E-state index in [1.165, 1.54) is 0 Å². The van der Waals surface area contributed by atoms with E-state index in [1.807, 2.05) is 11.8 Å². The van der Waals surface area contributed by atoms with E-state index >= 15 is 0 Å². The van der Waals surface area contributed by atoms with Crippen LogP contribution in [0.2, 0.25) is 0 Å². The lowest BCUT2D eigenvalue weighted by atomic mass is 10.1. The highest BCUT2D eigenvalue weighted by molar-refractivity contribution is 7.99. The summed E-state index contributed by atoms with van der Waals surface area (Å²) in [6.45, 7) is 1.53. The van der Waals surface area contributed by atoms with Gasteiger partial charge in [0.1, 0.15) is 0 Å². The first-order valence-electron chi connectivity index (χ1n) is 6.34. The third kappa shape index (κ3) is 4.14. The number of carbonyl (C=O) groups excluding carboxylic acids is 1. The predicted molar refractivity (Wildman–Crippen MR) is 77.4 cm³/mol. The van der Waals surface area contributed by atoms with Crippen molar-refractivity contribution in [3.8, 4) is 0 Å². The van der Waals surface area contributed by atoms with Gasteiger partial charge >= 0.3 is 12.0 Å². The summed E-state index contributed by atoms with van der Waals surface area (Å²) in [5, 5.41) is 13.5. The molecule has 1 aromatic rings. The van der Waals surface area contributed by atoms with Gasteiger partial charge in [0, 0.05) is 24.6 Å². The number of rotatable bonds is 4. The normalized spacial score (nSPS) is 17.2. The molecule has 0 radical (unpaired) electrons. The average molecular weight is 295 g/mol. The van der Waals surface area contributed by atoms with Gasteiger partial charge in [0.25, 0.3) is 0 Å². The van der Waals surface area contributed by atoms with Gasteiger partial charge in [0.05, 0.1) is 0 Å². The molecule has 7 heteroatoms. The predicted octanol–water partition coefficient (Wildman–Crippen LogP) is 1.08. The van der Waals surface area contributed by atoms with Crippen LogP contribution in [0.3, 0.4) is 0 Å². The molecule has 0 aliphatic carbocycles. The molecule has 1 aliphatic rings. The number of hydrogen-bond donors (Lipinski definition) is 3. The van der Waals surface area contributed by atoms with Gasteiger partial charge in [-0.25, -0.2) is 14.6 Å². The number of aliphatic carboxylic acids is 1. The summed E-state index contributed by atoms with van der Waals surface area (Å²) in [5.74, 6) is 0.836. The molecule has 1 unspecified atom stereocenters. The Hall–Kier alpha value is -1.73. The Kier molecular flexibility index (Phi) is 5.25. The first-order chi connectivity index (χ1) is 9.66. The van der Waals surface area contributed by atoms with Gasteiger partial charge in [-0.05, 0) is 5.56 Å². The molecule has 2 amide bonds. The second-order valence-corrected chi connectivity index (χ2v) is 5.59. The van der Waals surface area contributed by atoms with Crippen molar-refractivity contribution in [1.82, 2.24) is 15.8 Å². The van der Waals surface area contributed by atoms with Gasteiger partial charge < -0.3 is 10.4 Å². The fourth-order valence-corrected chi connectivity index (χ4v) is 2.82. The zero-order valence-corrected chi connectivity index (χ0v) is 11.7. The Balaban J connectivity index is 1.94. The minimum Gasteiger partial charge on any atom is -0.479 e. The van der Waals surface area contributed by atoms with E-state index in [2.05, 4.69) is 10.7 Å². The van der Waals surface area contributed by atoms with Crippen LogP contribution >= 0.6 is 11.8 Å². The number of hydrogen-bond acceptors (Lipinski definition) is 4.